The second-order valence-corrected chi connectivity index (χ2v) is 4.53. The van der Waals surface area contributed by atoms with Crippen LogP contribution in [0.1, 0.15) is 5.69 Å². The van der Waals surface area contributed by atoms with Crippen LogP contribution in [0.4, 0.5) is 14.5 Å². The fraction of sp³-hybridized carbons (Fsp3) is 0.0667. The second-order valence-electron chi connectivity index (χ2n) is 4.53. The molecule has 3 rings (SSSR count). The molecule has 0 aliphatic rings. The van der Waals surface area contributed by atoms with E-state index < -0.39 is 11.6 Å². The standard InChI is InChI=1S/C15H11F2N3O/c16-10-5-11(17)7-12(6-10)18-9-13-8-15(21)20-4-2-1-3-14(20)19-13/h1-8,18H,9H2. The van der Waals surface area contributed by atoms with Crippen LogP contribution in [0.15, 0.2) is 53.5 Å². The predicted molar refractivity (Wildman–Crippen MR) is 75.1 cm³/mol. The third-order valence-corrected chi connectivity index (χ3v) is 2.96. The number of rotatable bonds is 3. The molecule has 3 aromatic rings. The summed E-state index contributed by atoms with van der Waals surface area (Å²) in [7, 11) is 0. The molecule has 0 aliphatic carbocycles. The third-order valence-electron chi connectivity index (χ3n) is 2.96. The van der Waals surface area contributed by atoms with Crippen LogP contribution in [0.2, 0.25) is 0 Å². The van der Waals surface area contributed by atoms with Gasteiger partial charge in [0.15, 0.2) is 0 Å². The molecule has 1 aromatic carbocycles. The summed E-state index contributed by atoms with van der Waals surface area (Å²) >= 11 is 0. The van der Waals surface area contributed by atoms with E-state index in [9.17, 15) is 13.6 Å². The van der Waals surface area contributed by atoms with Gasteiger partial charge in [0.2, 0.25) is 0 Å². The van der Waals surface area contributed by atoms with Gasteiger partial charge in [0.05, 0.1) is 12.2 Å². The fourth-order valence-electron chi connectivity index (χ4n) is 2.04. The number of halogens is 2. The first-order valence-electron chi connectivity index (χ1n) is 6.29. The Labute approximate surface area is 118 Å². The average Bonchev–Trinajstić information content (AvgIpc) is 2.44. The summed E-state index contributed by atoms with van der Waals surface area (Å²) in [5.41, 5.74) is 1.11. The van der Waals surface area contributed by atoms with Crippen LogP contribution in [-0.2, 0) is 6.54 Å². The molecule has 0 bridgehead atoms. The number of nitrogens with zero attached hydrogens (tertiary/aromatic N) is 2. The van der Waals surface area contributed by atoms with Gasteiger partial charge < -0.3 is 5.32 Å². The first kappa shape index (κ1) is 13.2. The Balaban J connectivity index is 1.86. The molecule has 21 heavy (non-hydrogen) atoms. The molecule has 0 saturated carbocycles. The zero-order chi connectivity index (χ0) is 14.8. The SMILES string of the molecule is O=c1cc(CNc2cc(F)cc(F)c2)nc2ccccn12. The van der Waals surface area contributed by atoms with Gasteiger partial charge in [0, 0.05) is 24.0 Å². The van der Waals surface area contributed by atoms with Gasteiger partial charge in [-0.2, -0.15) is 0 Å². The molecule has 6 heteroatoms. The molecule has 4 nitrogen and oxygen atoms in total. The van der Waals surface area contributed by atoms with Gasteiger partial charge in [-0.25, -0.2) is 13.8 Å². The quantitative estimate of drug-likeness (QED) is 0.805. The van der Waals surface area contributed by atoms with Crippen molar-refractivity contribution in [3.8, 4) is 0 Å². The van der Waals surface area contributed by atoms with Crippen LogP contribution in [0.25, 0.3) is 5.65 Å². The molecule has 0 unspecified atom stereocenters. The highest BCUT2D eigenvalue weighted by Gasteiger charge is 2.04. The molecule has 2 heterocycles. The number of hydrogen-bond acceptors (Lipinski definition) is 3. The number of benzene rings is 1. The molecule has 0 atom stereocenters. The van der Waals surface area contributed by atoms with E-state index in [0.29, 0.717) is 17.0 Å². The van der Waals surface area contributed by atoms with E-state index in [1.807, 2.05) is 0 Å². The number of nitrogens with one attached hydrogen (secondary N) is 1. The highest BCUT2D eigenvalue weighted by atomic mass is 19.1. The molecule has 1 N–H and O–H groups in total. The van der Waals surface area contributed by atoms with Gasteiger partial charge in [-0.1, -0.05) is 6.07 Å². The fourth-order valence-corrected chi connectivity index (χ4v) is 2.04. The van der Waals surface area contributed by atoms with Crippen LogP contribution in [0.3, 0.4) is 0 Å². The maximum absolute atomic E-state index is 13.1. The topological polar surface area (TPSA) is 46.4 Å². The highest BCUT2D eigenvalue weighted by molar-refractivity contribution is 5.44. The molecule has 2 aromatic heterocycles. The molecule has 0 aliphatic heterocycles. The molecule has 0 amide bonds. The van der Waals surface area contributed by atoms with Crippen molar-refractivity contribution in [2.75, 3.05) is 5.32 Å². The normalized spacial score (nSPS) is 10.8. The highest BCUT2D eigenvalue weighted by Crippen LogP contribution is 2.13. The van der Waals surface area contributed by atoms with Gasteiger partial charge in [0.1, 0.15) is 17.3 Å². The molecule has 0 spiro atoms. The Morgan fingerprint density at radius 3 is 2.62 bits per heavy atom. The zero-order valence-corrected chi connectivity index (χ0v) is 10.9. The average molecular weight is 287 g/mol. The van der Waals surface area contributed by atoms with Crippen LogP contribution in [0, 0.1) is 11.6 Å². The van der Waals surface area contributed by atoms with E-state index in [-0.39, 0.29) is 12.1 Å². The number of pyridine rings is 1. The Kier molecular flexibility index (Phi) is 3.35. The first-order chi connectivity index (χ1) is 10.1. The zero-order valence-electron chi connectivity index (χ0n) is 10.9. The van der Waals surface area contributed by atoms with Gasteiger partial charge in [-0.3, -0.25) is 9.20 Å². The van der Waals surface area contributed by atoms with Crippen molar-refractivity contribution in [3.63, 3.8) is 0 Å². The van der Waals surface area contributed by atoms with Crippen molar-refractivity contribution in [1.29, 1.82) is 0 Å². The van der Waals surface area contributed by atoms with E-state index in [0.717, 1.165) is 6.07 Å². The number of hydrogen-bond donors (Lipinski definition) is 1. The monoisotopic (exact) mass is 287 g/mol. The van der Waals surface area contributed by atoms with Gasteiger partial charge >= 0.3 is 0 Å². The van der Waals surface area contributed by atoms with E-state index in [2.05, 4.69) is 10.3 Å². The van der Waals surface area contributed by atoms with Crippen molar-refractivity contribution >= 4 is 11.3 Å². The molecular weight excluding hydrogens is 276 g/mol. The minimum absolute atomic E-state index is 0.198. The number of anilines is 1. The van der Waals surface area contributed by atoms with E-state index in [1.165, 1.54) is 22.6 Å². The van der Waals surface area contributed by atoms with E-state index in [1.54, 1.807) is 24.4 Å². The summed E-state index contributed by atoms with van der Waals surface area (Å²) in [6.07, 6.45) is 1.63. The van der Waals surface area contributed by atoms with Crippen molar-refractivity contribution in [3.05, 3.63) is 76.3 Å². The van der Waals surface area contributed by atoms with E-state index >= 15 is 0 Å². The molecule has 0 saturated heterocycles. The lowest BCUT2D eigenvalue weighted by Crippen LogP contribution is -2.16. The van der Waals surface area contributed by atoms with Crippen LogP contribution >= 0.6 is 0 Å². The Bertz CT molecular complexity index is 841. The minimum Gasteiger partial charge on any atom is -0.379 e. The second kappa shape index (κ2) is 5.32. The Morgan fingerprint density at radius 1 is 1.10 bits per heavy atom. The van der Waals surface area contributed by atoms with E-state index in [4.69, 9.17) is 0 Å². The first-order valence-corrected chi connectivity index (χ1v) is 6.29. The lowest BCUT2D eigenvalue weighted by atomic mass is 10.3. The van der Waals surface area contributed by atoms with Crippen molar-refractivity contribution in [2.45, 2.75) is 6.54 Å². The molecule has 106 valence electrons. The predicted octanol–water partition coefficient (Wildman–Crippen LogP) is 2.58. The summed E-state index contributed by atoms with van der Waals surface area (Å²) < 4.78 is 27.6. The lowest BCUT2D eigenvalue weighted by Gasteiger charge is -2.07. The Hall–Kier alpha value is -2.76. The van der Waals surface area contributed by atoms with Crippen LogP contribution in [0.5, 0.6) is 0 Å². The number of aromatic nitrogens is 2. The Morgan fingerprint density at radius 2 is 1.86 bits per heavy atom. The molecule has 0 fully saturated rings. The van der Waals surface area contributed by atoms with Crippen molar-refractivity contribution in [2.24, 2.45) is 0 Å². The summed E-state index contributed by atoms with van der Waals surface area (Å²) in [6, 6.07) is 9.77. The van der Waals surface area contributed by atoms with Gasteiger partial charge in [-0.15, -0.1) is 0 Å². The summed E-state index contributed by atoms with van der Waals surface area (Å²) in [5.74, 6) is -1.33. The minimum atomic E-state index is -0.663. The molecular formula is C15H11F2N3O. The smallest absolute Gasteiger partial charge is 0.258 e. The maximum atomic E-state index is 13.1. The maximum Gasteiger partial charge on any atom is 0.258 e. The van der Waals surface area contributed by atoms with Crippen LogP contribution in [-0.4, -0.2) is 9.38 Å². The summed E-state index contributed by atoms with van der Waals surface area (Å²) in [4.78, 5) is 16.2. The lowest BCUT2D eigenvalue weighted by molar-refractivity contribution is 0.584. The summed E-state index contributed by atoms with van der Waals surface area (Å²) in [6.45, 7) is 0.198. The largest absolute Gasteiger partial charge is 0.379 e. The van der Waals surface area contributed by atoms with Crippen LogP contribution < -0.4 is 10.9 Å². The van der Waals surface area contributed by atoms with Gasteiger partial charge in [0.25, 0.3) is 5.56 Å². The van der Waals surface area contributed by atoms with Crippen molar-refractivity contribution < 1.29 is 8.78 Å². The molecule has 0 radical (unpaired) electrons. The van der Waals surface area contributed by atoms with Gasteiger partial charge in [-0.05, 0) is 24.3 Å². The van der Waals surface area contributed by atoms with Crippen molar-refractivity contribution in [1.82, 2.24) is 9.38 Å². The number of fused-ring (bicyclic) bond motifs is 1. The third kappa shape index (κ3) is 2.89. The summed E-state index contributed by atoms with van der Waals surface area (Å²) in [5, 5.41) is 2.84.